The van der Waals surface area contributed by atoms with Gasteiger partial charge < -0.3 is 24.9 Å². The summed E-state index contributed by atoms with van der Waals surface area (Å²) in [5.74, 6) is 1.12. The van der Waals surface area contributed by atoms with E-state index < -0.39 is 0 Å². The summed E-state index contributed by atoms with van der Waals surface area (Å²) in [6, 6.07) is 5.20. The van der Waals surface area contributed by atoms with Crippen molar-refractivity contribution in [1.82, 2.24) is 9.97 Å². The lowest BCUT2D eigenvalue weighted by Gasteiger charge is -2.19. The Bertz CT molecular complexity index is 868. The van der Waals surface area contributed by atoms with E-state index in [2.05, 4.69) is 15.3 Å². The number of fused-ring (bicyclic) bond motifs is 1. The van der Waals surface area contributed by atoms with Crippen molar-refractivity contribution in [3.05, 3.63) is 39.8 Å². The van der Waals surface area contributed by atoms with Gasteiger partial charge in [0.25, 0.3) is 5.56 Å². The molecular formula is C17H19N3O5S. The maximum atomic E-state index is 12.1. The number of anilines is 1. The topological polar surface area (TPSA) is 114 Å². The number of aromatic amines is 1. The van der Waals surface area contributed by atoms with Crippen molar-refractivity contribution < 1.29 is 19.4 Å². The molecule has 3 rings (SSSR count). The Morgan fingerprint density at radius 2 is 2.12 bits per heavy atom. The molecule has 0 spiro atoms. The first kappa shape index (κ1) is 18.3. The number of ether oxygens (including phenoxy) is 2. The molecule has 8 nitrogen and oxygen atoms in total. The first-order chi connectivity index (χ1) is 12.6. The van der Waals surface area contributed by atoms with Crippen molar-refractivity contribution in [2.24, 2.45) is 0 Å². The molecule has 0 saturated heterocycles. The number of aryl methyl sites for hydroxylation is 1. The number of hydrogen-bond donors (Lipinski definition) is 3. The van der Waals surface area contributed by atoms with Crippen LogP contribution in [0.15, 0.2) is 28.2 Å². The number of carbonyl (C=O) groups is 1. The number of hydrogen-bond acceptors (Lipinski definition) is 7. The van der Waals surface area contributed by atoms with E-state index in [4.69, 9.17) is 14.6 Å². The van der Waals surface area contributed by atoms with Crippen LogP contribution in [-0.2, 0) is 11.2 Å². The number of aromatic nitrogens is 2. The van der Waals surface area contributed by atoms with Gasteiger partial charge in [-0.2, -0.15) is 0 Å². The highest BCUT2D eigenvalue weighted by Crippen LogP contribution is 2.32. The maximum Gasteiger partial charge on any atom is 0.255 e. The Hall–Kier alpha value is -2.52. The Kier molecular flexibility index (Phi) is 5.79. The fourth-order valence-corrected chi connectivity index (χ4v) is 3.22. The summed E-state index contributed by atoms with van der Waals surface area (Å²) in [5.41, 5.74) is 1.33. The van der Waals surface area contributed by atoms with E-state index in [1.54, 1.807) is 25.1 Å². The number of benzene rings is 1. The third-order valence-corrected chi connectivity index (χ3v) is 4.60. The van der Waals surface area contributed by atoms with Crippen LogP contribution in [0.1, 0.15) is 11.3 Å². The highest BCUT2D eigenvalue weighted by Gasteiger charge is 2.14. The molecule has 1 aliphatic rings. The summed E-state index contributed by atoms with van der Waals surface area (Å²) < 4.78 is 10.9. The predicted molar refractivity (Wildman–Crippen MR) is 97.2 cm³/mol. The first-order valence-corrected chi connectivity index (χ1v) is 9.08. The molecule has 0 radical (unpaired) electrons. The molecule has 1 aromatic heterocycles. The fraction of sp³-hybridized carbons (Fsp3) is 0.353. The van der Waals surface area contributed by atoms with Crippen LogP contribution in [0.5, 0.6) is 11.5 Å². The number of aliphatic hydroxyl groups is 1. The molecule has 1 amide bonds. The lowest BCUT2D eigenvalue weighted by atomic mass is 10.2. The number of thioether (sulfide) groups is 1. The summed E-state index contributed by atoms with van der Waals surface area (Å²) >= 11 is 1.13. The molecule has 138 valence electrons. The van der Waals surface area contributed by atoms with Crippen LogP contribution in [0.3, 0.4) is 0 Å². The molecule has 0 bridgehead atoms. The van der Waals surface area contributed by atoms with Gasteiger partial charge in [0, 0.05) is 36.0 Å². The summed E-state index contributed by atoms with van der Waals surface area (Å²) in [4.78, 5) is 31.0. The van der Waals surface area contributed by atoms with Crippen LogP contribution in [0.2, 0.25) is 0 Å². The Balaban J connectivity index is 1.60. The van der Waals surface area contributed by atoms with Crippen molar-refractivity contribution >= 4 is 23.4 Å². The smallest absolute Gasteiger partial charge is 0.255 e. The standard InChI is InChI=1S/C17H19N3O5S/c1-10-12(4-5-21)16(23)20-17(18-10)26-9-15(22)19-11-2-3-13-14(8-11)25-7-6-24-13/h2-3,8,21H,4-7,9H2,1H3,(H,19,22)(H,18,20,23). The molecule has 0 saturated carbocycles. The lowest BCUT2D eigenvalue weighted by Crippen LogP contribution is -2.20. The predicted octanol–water partition coefficient (Wildman–Crippen LogP) is 1.12. The second-order valence-electron chi connectivity index (χ2n) is 5.60. The van der Waals surface area contributed by atoms with Crippen molar-refractivity contribution in [1.29, 1.82) is 0 Å². The number of nitrogens with zero attached hydrogens (tertiary/aromatic N) is 1. The van der Waals surface area contributed by atoms with Crippen molar-refractivity contribution in [2.45, 2.75) is 18.5 Å². The second-order valence-corrected chi connectivity index (χ2v) is 6.57. The third-order valence-electron chi connectivity index (χ3n) is 3.73. The van der Waals surface area contributed by atoms with Crippen LogP contribution >= 0.6 is 11.8 Å². The van der Waals surface area contributed by atoms with Gasteiger partial charge in [0.2, 0.25) is 5.91 Å². The SMILES string of the molecule is Cc1nc(SCC(=O)Nc2ccc3c(c2)OCCO3)[nH]c(=O)c1CCO. The van der Waals surface area contributed by atoms with Gasteiger partial charge in [0.05, 0.1) is 5.75 Å². The minimum atomic E-state index is -0.290. The minimum absolute atomic E-state index is 0.0934. The lowest BCUT2D eigenvalue weighted by molar-refractivity contribution is -0.113. The van der Waals surface area contributed by atoms with E-state index in [9.17, 15) is 9.59 Å². The molecule has 26 heavy (non-hydrogen) atoms. The molecule has 2 aromatic rings. The molecule has 1 aromatic carbocycles. The monoisotopic (exact) mass is 377 g/mol. The van der Waals surface area contributed by atoms with E-state index in [0.29, 0.717) is 46.8 Å². The van der Waals surface area contributed by atoms with Gasteiger partial charge >= 0.3 is 0 Å². The second kappa shape index (κ2) is 8.24. The van der Waals surface area contributed by atoms with Gasteiger partial charge in [-0.1, -0.05) is 11.8 Å². The highest BCUT2D eigenvalue weighted by molar-refractivity contribution is 7.99. The number of amides is 1. The zero-order chi connectivity index (χ0) is 18.5. The zero-order valence-corrected chi connectivity index (χ0v) is 15.0. The van der Waals surface area contributed by atoms with Crippen molar-refractivity contribution in [3.63, 3.8) is 0 Å². The van der Waals surface area contributed by atoms with Crippen LogP contribution in [-0.4, -0.2) is 46.6 Å². The van der Waals surface area contributed by atoms with Gasteiger partial charge in [-0.15, -0.1) is 0 Å². The highest BCUT2D eigenvalue weighted by atomic mass is 32.2. The molecule has 1 aliphatic heterocycles. The quantitative estimate of drug-likeness (QED) is 0.510. The average Bonchev–Trinajstić information content (AvgIpc) is 2.63. The minimum Gasteiger partial charge on any atom is -0.486 e. The summed E-state index contributed by atoms with van der Waals surface area (Å²) in [6.45, 7) is 2.58. The third kappa shape index (κ3) is 4.36. The number of rotatable bonds is 6. The van der Waals surface area contributed by atoms with Crippen molar-refractivity contribution in [3.8, 4) is 11.5 Å². The largest absolute Gasteiger partial charge is 0.486 e. The molecule has 0 unspecified atom stereocenters. The number of carbonyl (C=O) groups excluding carboxylic acids is 1. The molecular weight excluding hydrogens is 358 g/mol. The number of aliphatic hydroxyl groups excluding tert-OH is 1. The molecule has 3 N–H and O–H groups in total. The van der Waals surface area contributed by atoms with Crippen LogP contribution < -0.4 is 20.3 Å². The molecule has 0 atom stereocenters. The summed E-state index contributed by atoms with van der Waals surface area (Å²) in [7, 11) is 0. The van der Waals surface area contributed by atoms with Gasteiger partial charge in [0.1, 0.15) is 13.2 Å². The molecule has 2 heterocycles. The number of H-pyrrole nitrogens is 1. The summed E-state index contributed by atoms with van der Waals surface area (Å²) in [6.07, 6.45) is 0.254. The normalized spacial score (nSPS) is 12.7. The molecule has 9 heteroatoms. The van der Waals surface area contributed by atoms with E-state index >= 15 is 0 Å². The van der Waals surface area contributed by atoms with Gasteiger partial charge in [-0.25, -0.2) is 4.98 Å². The van der Waals surface area contributed by atoms with Gasteiger partial charge in [0.15, 0.2) is 16.7 Å². The van der Waals surface area contributed by atoms with Gasteiger partial charge in [-0.05, 0) is 19.1 Å². The van der Waals surface area contributed by atoms with E-state index in [0.717, 1.165) is 11.8 Å². The van der Waals surface area contributed by atoms with E-state index in [-0.39, 0.29) is 30.2 Å². The van der Waals surface area contributed by atoms with Gasteiger partial charge in [-0.3, -0.25) is 9.59 Å². The van der Waals surface area contributed by atoms with E-state index in [1.165, 1.54) is 0 Å². The van der Waals surface area contributed by atoms with Crippen LogP contribution in [0.25, 0.3) is 0 Å². The van der Waals surface area contributed by atoms with Crippen molar-refractivity contribution in [2.75, 3.05) is 30.9 Å². The Morgan fingerprint density at radius 1 is 1.35 bits per heavy atom. The first-order valence-electron chi connectivity index (χ1n) is 8.10. The van der Waals surface area contributed by atoms with Crippen LogP contribution in [0, 0.1) is 6.92 Å². The molecule has 0 fully saturated rings. The zero-order valence-electron chi connectivity index (χ0n) is 14.2. The fourth-order valence-electron chi connectivity index (χ4n) is 2.51. The number of nitrogens with one attached hydrogen (secondary N) is 2. The Morgan fingerprint density at radius 3 is 2.85 bits per heavy atom. The Labute approximate surface area is 153 Å². The summed E-state index contributed by atoms with van der Waals surface area (Å²) in [5, 5.41) is 12.1. The maximum absolute atomic E-state index is 12.1. The van der Waals surface area contributed by atoms with E-state index in [1.807, 2.05) is 0 Å². The average molecular weight is 377 g/mol. The van der Waals surface area contributed by atoms with Crippen LogP contribution in [0.4, 0.5) is 5.69 Å². The molecule has 0 aliphatic carbocycles.